The fourth-order valence-electron chi connectivity index (χ4n) is 4.29. The Kier molecular flexibility index (Phi) is 10.9. The van der Waals surface area contributed by atoms with Crippen molar-refractivity contribution >= 4 is 29.7 Å². The first-order valence-corrected chi connectivity index (χ1v) is 12.9. The number of benzene rings is 1. The Bertz CT molecular complexity index is 1130. The molecule has 1 aromatic carbocycles. The van der Waals surface area contributed by atoms with Gasteiger partial charge in [0.1, 0.15) is 35.9 Å². The zero-order valence-electron chi connectivity index (χ0n) is 23.1. The number of carboxylic acids is 2. The van der Waals surface area contributed by atoms with Gasteiger partial charge in [0.15, 0.2) is 11.5 Å². The number of aliphatic hydroxyl groups is 1. The average molecular weight is 567 g/mol. The summed E-state index contributed by atoms with van der Waals surface area (Å²) in [7, 11) is 1.45. The van der Waals surface area contributed by atoms with E-state index in [1.807, 2.05) is 0 Å². The maximum Gasteiger partial charge on any atom is 0.326 e. The molecule has 0 saturated heterocycles. The van der Waals surface area contributed by atoms with Crippen molar-refractivity contribution in [2.45, 2.75) is 82.8 Å². The van der Waals surface area contributed by atoms with Crippen LogP contribution in [0.4, 0.5) is 0 Å². The SMILES string of the molecule is CCC1(C)Oc2cc(ccc2O)C(O)C(NC)C(=O)NC(C(C)C)C(=O)NC1C(=O)NC(CCC(=O)O)C(=O)O. The standard InChI is InChI=1S/C26H38N4O10/c1-6-26(4)21(24(37)28-14(25(38)39)8-10-17(32)33)30-22(35)18(12(2)3)29-23(36)19(27-5)20(34)13-7-9-15(31)16(11-13)40-26/h7,9,11-12,14,18-21,27,31,34H,6,8,10H2,1-5H3,(H,28,37)(H,29,36)(H,30,35)(H,32,33)(H,38,39). The van der Waals surface area contributed by atoms with E-state index in [0.717, 1.165) is 0 Å². The second-order valence-corrected chi connectivity index (χ2v) is 10.2. The van der Waals surface area contributed by atoms with E-state index in [1.165, 1.54) is 32.2 Å². The molecule has 0 radical (unpaired) electrons. The molecule has 40 heavy (non-hydrogen) atoms. The molecule has 0 spiro atoms. The minimum absolute atomic E-state index is 0.0578. The number of aliphatic hydroxyl groups excluding tert-OH is 1. The Balaban J connectivity index is 2.66. The number of rotatable bonds is 9. The topological polar surface area (TPSA) is 224 Å². The van der Waals surface area contributed by atoms with E-state index in [4.69, 9.17) is 9.84 Å². The quantitative estimate of drug-likeness (QED) is 0.193. The molecule has 6 unspecified atom stereocenters. The highest BCUT2D eigenvalue weighted by atomic mass is 16.5. The van der Waals surface area contributed by atoms with E-state index >= 15 is 0 Å². The highest BCUT2D eigenvalue weighted by Gasteiger charge is 2.45. The van der Waals surface area contributed by atoms with Gasteiger partial charge in [0.05, 0.1) is 0 Å². The lowest BCUT2D eigenvalue weighted by Crippen LogP contribution is -2.65. The van der Waals surface area contributed by atoms with Crippen LogP contribution in [0.1, 0.15) is 58.6 Å². The normalized spacial score (nSPS) is 26.2. The number of ether oxygens (including phenoxy) is 1. The molecular formula is C26H38N4O10. The van der Waals surface area contributed by atoms with Gasteiger partial charge in [0.2, 0.25) is 17.7 Å². The molecule has 0 aliphatic carbocycles. The fourth-order valence-corrected chi connectivity index (χ4v) is 4.29. The number of likely N-dealkylation sites (N-methyl/N-ethyl adjacent to an activating group) is 1. The number of phenolic OH excluding ortho intramolecular Hbond substituents is 1. The molecule has 0 fully saturated rings. The summed E-state index contributed by atoms with van der Waals surface area (Å²) < 4.78 is 6.09. The lowest BCUT2D eigenvalue weighted by Gasteiger charge is -2.38. The molecule has 3 amide bonds. The Labute approximate surface area is 231 Å². The zero-order chi connectivity index (χ0) is 30.4. The molecule has 1 aromatic rings. The van der Waals surface area contributed by atoms with Crippen LogP contribution in [0.3, 0.4) is 0 Å². The summed E-state index contributed by atoms with van der Waals surface area (Å²) in [5.41, 5.74) is -1.40. The molecule has 8 N–H and O–H groups in total. The van der Waals surface area contributed by atoms with E-state index in [-0.39, 0.29) is 23.5 Å². The van der Waals surface area contributed by atoms with Gasteiger partial charge in [-0.25, -0.2) is 4.79 Å². The summed E-state index contributed by atoms with van der Waals surface area (Å²) in [6.07, 6.45) is -2.31. The first kappa shape index (κ1) is 32.3. The summed E-state index contributed by atoms with van der Waals surface area (Å²) in [6.45, 7) is 6.42. The molecular weight excluding hydrogens is 528 g/mol. The van der Waals surface area contributed by atoms with Gasteiger partial charge in [-0.2, -0.15) is 0 Å². The molecule has 2 rings (SSSR count). The number of carbonyl (C=O) groups excluding carboxylic acids is 3. The fraction of sp³-hybridized carbons (Fsp3) is 0.577. The molecule has 6 atom stereocenters. The summed E-state index contributed by atoms with van der Waals surface area (Å²) in [6, 6.07) is -1.60. The Hall–Kier alpha value is -3.91. The van der Waals surface area contributed by atoms with E-state index in [1.54, 1.807) is 20.8 Å². The number of phenols is 1. The summed E-state index contributed by atoms with van der Waals surface area (Å²) >= 11 is 0. The maximum atomic E-state index is 13.5. The van der Waals surface area contributed by atoms with E-state index in [9.17, 15) is 39.3 Å². The predicted molar refractivity (Wildman–Crippen MR) is 140 cm³/mol. The first-order valence-electron chi connectivity index (χ1n) is 12.9. The molecule has 1 aliphatic heterocycles. The second kappa shape index (κ2) is 13.4. The van der Waals surface area contributed by atoms with Gasteiger partial charge in [-0.15, -0.1) is 0 Å². The average Bonchev–Trinajstić information content (AvgIpc) is 2.88. The Morgan fingerprint density at radius 3 is 2.30 bits per heavy atom. The second-order valence-electron chi connectivity index (χ2n) is 10.2. The van der Waals surface area contributed by atoms with Crippen LogP contribution in [-0.2, 0) is 24.0 Å². The van der Waals surface area contributed by atoms with Crippen LogP contribution in [0.25, 0.3) is 0 Å². The van der Waals surface area contributed by atoms with Crippen molar-refractivity contribution in [1.29, 1.82) is 0 Å². The van der Waals surface area contributed by atoms with Gasteiger partial charge < -0.3 is 46.4 Å². The summed E-state index contributed by atoms with van der Waals surface area (Å²) in [5, 5.41) is 50.2. The van der Waals surface area contributed by atoms with Crippen molar-refractivity contribution in [3.8, 4) is 11.5 Å². The molecule has 1 aliphatic rings. The first-order chi connectivity index (χ1) is 18.6. The number of amides is 3. The Morgan fingerprint density at radius 2 is 1.77 bits per heavy atom. The van der Waals surface area contributed by atoms with Crippen LogP contribution in [-0.4, -0.2) is 86.9 Å². The van der Waals surface area contributed by atoms with Crippen LogP contribution < -0.4 is 26.0 Å². The van der Waals surface area contributed by atoms with E-state index in [0.29, 0.717) is 0 Å². The minimum atomic E-state index is -1.60. The van der Waals surface area contributed by atoms with E-state index in [2.05, 4.69) is 21.3 Å². The number of aliphatic carboxylic acids is 2. The Morgan fingerprint density at radius 1 is 1.12 bits per heavy atom. The highest BCUT2D eigenvalue weighted by molar-refractivity contribution is 5.95. The van der Waals surface area contributed by atoms with Gasteiger partial charge in [-0.05, 0) is 50.4 Å². The lowest BCUT2D eigenvalue weighted by molar-refractivity contribution is -0.145. The number of nitrogens with one attached hydrogen (secondary N) is 4. The van der Waals surface area contributed by atoms with Crippen molar-refractivity contribution in [2.75, 3.05) is 7.05 Å². The largest absolute Gasteiger partial charge is 0.504 e. The van der Waals surface area contributed by atoms with Crippen molar-refractivity contribution in [3.05, 3.63) is 23.8 Å². The maximum absolute atomic E-state index is 13.5. The van der Waals surface area contributed by atoms with Crippen LogP contribution in [0.5, 0.6) is 11.5 Å². The van der Waals surface area contributed by atoms with Crippen LogP contribution in [0, 0.1) is 5.92 Å². The van der Waals surface area contributed by atoms with Crippen LogP contribution in [0.15, 0.2) is 18.2 Å². The lowest BCUT2D eigenvalue weighted by atomic mass is 9.90. The number of hydrogen-bond donors (Lipinski definition) is 8. The highest BCUT2D eigenvalue weighted by Crippen LogP contribution is 2.35. The van der Waals surface area contributed by atoms with Crippen molar-refractivity contribution in [2.24, 2.45) is 5.92 Å². The van der Waals surface area contributed by atoms with Crippen LogP contribution >= 0.6 is 0 Å². The van der Waals surface area contributed by atoms with Crippen molar-refractivity contribution < 1.29 is 49.1 Å². The van der Waals surface area contributed by atoms with Crippen LogP contribution in [0.2, 0.25) is 0 Å². The smallest absolute Gasteiger partial charge is 0.326 e. The molecule has 1 heterocycles. The third kappa shape index (κ3) is 7.60. The molecule has 0 saturated carbocycles. The monoisotopic (exact) mass is 566 g/mol. The van der Waals surface area contributed by atoms with Gasteiger partial charge in [0, 0.05) is 6.42 Å². The number of fused-ring (bicyclic) bond motifs is 2. The zero-order valence-corrected chi connectivity index (χ0v) is 23.1. The molecule has 0 aromatic heterocycles. The van der Waals surface area contributed by atoms with Gasteiger partial charge in [-0.3, -0.25) is 19.2 Å². The predicted octanol–water partition coefficient (Wildman–Crippen LogP) is -0.365. The third-order valence-electron chi connectivity index (χ3n) is 6.95. The number of hydrogen-bond acceptors (Lipinski definition) is 9. The molecule has 14 nitrogen and oxygen atoms in total. The molecule has 2 bridgehead atoms. The minimum Gasteiger partial charge on any atom is -0.504 e. The molecule has 222 valence electrons. The summed E-state index contributed by atoms with van der Waals surface area (Å²) in [4.78, 5) is 62.9. The summed E-state index contributed by atoms with van der Waals surface area (Å²) in [5.74, 6) is -6.22. The van der Waals surface area contributed by atoms with Crippen molar-refractivity contribution in [3.63, 3.8) is 0 Å². The number of aromatic hydroxyl groups is 1. The molecule has 14 heteroatoms. The number of carboxylic acid groups (broad SMARTS) is 2. The van der Waals surface area contributed by atoms with Gasteiger partial charge >= 0.3 is 11.9 Å². The van der Waals surface area contributed by atoms with Gasteiger partial charge in [-0.1, -0.05) is 26.8 Å². The third-order valence-corrected chi connectivity index (χ3v) is 6.95. The van der Waals surface area contributed by atoms with Crippen molar-refractivity contribution in [1.82, 2.24) is 21.3 Å². The van der Waals surface area contributed by atoms with Gasteiger partial charge in [0.25, 0.3) is 0 Å². The van der Waals surface area contributed by atoms with E-state index < -0.39 is 84.3 Å². The number of carbonyl (C=O) groups is 5.